The molecule has 5 nitrogen and oxygen atoms in total. The highest BCUT2D eigenvalue weighted by molar-refractivity contribution is 5.91. The lowest BCUT2D eigenvalue weighted by Gasteiger charge is -2.20. The largest absolute Gasteiger partial charge is 0.493 e. The smallest absolute Gasteiger partial charge is 0.244 e. The molecule has 2 aromatic rings. The second-order valence-electron chi connectivity index (χ2n) is 5.71. The number of halogens is 1. The van der Waals surface area contributed by atoms with Gasteiger partial charge in [-0.15, -0.1) is 0 Å². The van der Waals surface area contributed by atoms with Gasteiger partial charge in [-0.05, 0) is 41.8 Å². The summed E-state index contributed by atoms with van der Waals surface area (Å²) in [5.74, 6) is 1.21. The van der Waals surface area contributed by atoms with Crippen LogP contribution in [0.15, 0.2) is 42.5 Å². The number of methoxy groups -OCH3 is 1. The molecule has 0 fully saturated rings. The lowest BCUT2D eigenvalue weighted by atomic mass is 10.1. The number of carbonyl (C=O) groups is 1. The third-order valence-electron chi connectivity index (χ3n) is 3.93. The van der Waals surface area contributed by atoms with Crippen LogP contribution >= 0.6 is 0 Å². The molecule has 0 spiro atoms. The van der Waals surface area contributed by atoms with Gasteiger partial charge in [0.2, 0.25) is 11.7 Å². The highest BCUT2D eigenvalue weighted by atomic mass is 19.1. The summed E-state index contributed by atoms with van der Waals surface area (Å²) in [6, 6.07) is 10.1. The second-order valence-corrected chi connectivity index (χ2v) is 5.71. The standard InChI is InChI=1S/C20H20FNO4/c1-24-17-12-14(13-18-20(17)26-11-10-25-18)6-7-19(23)22-9-8-15-4-2-3-5-16(15)21/h2-7,12-13H,8-11H2,1H3,(H,22,23)/b7-6+. The van der Waals surface area contributed by atoms with Crippen molar-refractivity contribution in [2.75, 3.05) is 26.9 Å². The first-order valence-electron chi connectivity index (χ1n) is 8.34. The Morgan fingerprint density at radius 2 is 2.08 bits per heavy atom. The van der Waals surface area contributed by atoms with Gasteiger partial charge in [-0.3, -0.25) is 4.79 Å². The first kappa shape index (κ1) is 17.8. The molecule has 0 aliphatic carbocycles. The number of hydrogen-bond donors (Lipinski definition) is 1. The molecule has 0 saturated heterocycles. The first-order valence-corrected chi connectivity index (χ1v) is 8.34. The lowest BCUT2D eigenvalue weighted by Crippen LogP contribution is -2.23. The van der Waals surface area contributed by atoms with E-state index in [1.54, 1.807) is 43.5 Å². The zero-order valence-corrected chi connectivity index (χ0v) is 14.5. The molecule has 2 aromatic carbocycles. The number of rotatable bonds is 6. The van der Waals surface area contributed by atoms with Gasteiger partial charge in [0, 0.05) is 12.6 Å². The van der Waals surface area contributed by atoms with Crippen LogP contribution in [-0.2, 0) is 11.2 Å². The molecule has 1 aliphatic rings. The Morgan fingerprint density at radius 3 is 2.88 bits per heavy atom. The Hall–Kier alpha value is -3.02. The van der Waals surface area contributed by atoms with E-state index in [1.807, 2.05) is 0 Å². The van der Waals surface area contributed by atoms with Crippen molar-refractivity contribution in [3.8, 4) is 17.2 Å². The minimum Gasteiger partial charge on any atom is -0.493 e. The molecule has 1 heterocycles. The molecule has 136 valence electrons. The normalized spacial score (nSPS) is 12.8. The molecule has 0 bridgehead atoms. The maximum atomic E-state index is 13.5. The SMILES string of the molecule is COc1cc(/C=C/C(=O)NCCc2ccccc2F)cc2c1OCCO2. The predicted octanol–water partition coefficient (Wildman–Crippen LogP) is 2.98. The third-order valence-corrected chi connectivity index (χ3v) is 3.93. The summed E-state index contributed by atoms with van der Waals surface area (Å²) in [5.41, 5.74) is 1.34. The second kappa shape index (κ2) is 8.38. The van der Waals surface area contributed by atoms with Crippen LogP contribution < -0.4 is 19.5 Å². The summed E-state index contributed by atoms with van der Waals surface area (Å²) >= 11 is 0. The van der Waals surface area contributed by atoms with Crippen LogP contribution in [0.25, 0.3) is 6.08 Å². The molecule has 0 aromatic heterocycles. The summed E-state index contributed by atoms with van der Waals surface area (Å²) < 4.78 is 30.0. The Kier molecular flexibility index (Phi) is 5.73. The van der Waals surface area contributed by atoms with E-state index in [1.165, 1.54) is 12.1 Å². The van der Waals surface area contributed by atoms with Crippen molar-refractivity contribution >= 4 is 12.0 Å². The molecule has 1 aliphatic heterocycles. The van der Waals surface area contributed by atoms with E-state index < -0.39 is 0 Å². The molecule has 0 radical (unpaired) electrons. The summed E-state index contributed by atoms with van der Waals surface area (Å²) in [7, 11) is 1.55. The monoisotopic (exact) mass is 357 g/mol. The van der Waals surface area contributed by atoms with E-state index in [4.69, 9.17) is 14.2 Å². The van der Waals surface area contributed by atoms with E-state index in [2.05, 4.69) is 5.32 Å². The van der Waals surface area contributed by atoms with Gasteiger partial charge < -0.3 is 19.5 Å². The molecule has 0 atom stereocenters. The fraction of sp³-hybridized carbons (Fsp3) is 0.250. The number of benzene rings is 2. The van der Waals surface area contributed by atoms with Crippen molar-refractivity contribution < 1.29 is 23.4 Å². The van der Waals surface area contributed by atoms with Gasteiger partial charge in [0.05, 0.1) is 7.11 Å². The van der Waals surface area contributed by atoms with Crippen LogP contribution in [0.5, 0.6) is 17.2 Å². The van der Waals surface area contributed by atoms with Crippen LogP contribution in [0.1, 0.15) is 11.1 Å². The number of nitrogens with one attached hydrogen (secondary N) is 1. The Balaban J connectivity index is 1.59. The van der Waals surface area contributed by atoms with Crippen molar-refractivity contribution in [3.63, 3.8) is 0 Å². The van der Waals surface area contributed by atoms with E-state index in [0.717, 1.165) is 5.56 Å². The molecular formula is C20H20FNO4. The third kappa shape index (κ3) is 4.33. The van der Waals surface area contributed by atoms with E-state index >= 15 is 0 Å². The fourth-order valence-corrected chi connectivity index (χ4v) is 2.64. The minimum atomic E-state index is -0.263. The van der Waals surface area contributed by atoms with Gasteiger partial charge in [-0.25, -0.2) is 4.39 Å². The van der Waals surface area contributed by atoms with Crippen LogP contribution in [0.4, 0.5) is 4.39 Å². The Bertz CT molecular complexity index is 802. The van der Waals surface area contributed by atoms with Gasteiger partial charge in [-0.1, -0.05) is 18.2 Å². The number of fused-ring (bicyclic) bond motifs is 1. The number of carbonyl (C=O) groups excluding carboxylic acids is 1. The van der Waals surface area contributed by atoms with Crippen molar-refractivity contribution in [3.05, 3.63) is 59.4 Å². The van der Waals surface area contributed by atoms with Gasteiger partial charge in [0.15, 0.2) is 11.5 Å². The number of ether oxygens (including phenoxy) is 3. The molecule has 0 saturated carbocycles. The predicted molar refractivity (Wildman–Crippen MR) is 96.1 cm³/mol. The summed E-state index contributed by atoms with van der Waals surface area (Å²) in [6.45, 7) is 1.30. The molecule has 26 heavy (non-hydrogen) atoms. The zero-order valence-electron chi connectivity index (χ0n) is 14.5. The van der Waals surface area contributed by atoms with Crippen molar-refractivity contribution in [1.82, 2.24) is 5.32 Å². The molecule has 0 unspecified atom stereocenters. The average molecular weight is 357 g/mol. The van der Waals surface area contributed by atoms with E-state index in [9.17, 15) is 9.18 Å². The zero-order chi connectivity index (χ0) is 18.4. The van der Waals surface area contributed by atoms with Crippen LogP contribution in [-0.4, -0.2) is 32.8 Å². The highest BCUT2D eigenvalue weighted by Gasteiger charge is 2.17. The summed E-state index contributed by atoms with van der Waals surface area (Å²) in [4.78, 5) is 12.0. The topological polar surface area (TPSA) is 56.8 Å². The molecule has 1 amide bonds. The molecule has 6 heteroatoms. The van der Waals surface area contributed by atoms with Crippen molar-refractivity contribution in [2.24, 2.45) is 0 Å². The lowest BCUT2D eigenvalue weighted by molar-refractivity contribution is -0.116. The fourth-order valence-electron chi connectivity index (χ4n) is 2.64. The van der Waals surface area contributed by atoms with E-state index in [0.29, 0.717) is 49.0 Å². The Morgan fingerprint density at radius 1 is 1.27 bits per heavy atom. The number of hydrogen-bond acceptors (Lipinski definition) is 4. The molecular weight excluding hydrogens is 337 g/mol. The first-order chi connectivity index (χ1) is 12.7. The van der Waals surface area contributed by atoms with Gasteiger partial charge in [0.25, 0.3) is 0 Å². The van der Waals surface area contributed by atoms with Crippen molar-refractivity contribution in [2.45, 2.75) is 6.42 Å². The van der Waals surface area contributed by atoms with Crippen molar-refractivity contribution in [1.29, 1.82) is 0 Å². The summed E-state index contributed by atoms with van der Waals surface area (Å²) in [5, 5.41) is 2.74. The highest BCUT2D eigenvalue weighted by Crippen LogP contribution is 2.40. The Labute approximate surface area is 151 Å². The molecule has 1 N–H and O–H groups in total. The van der Waals surface area contributed by atoms with Crippen LogP contribution in [0.2, 0.25) is 0 Å². The van der Waals surface area contributed by atoms with Crippen LogP contribution in [0.3, 0.4) is 0 Å². The minimum absolute atomic E-state index is 0.254. The van der Waals surface area contributed by atoms with Gasteiger partial charge in [-0.2, -0.15) is 0 Å². The maximum Gasteiger partial charge on any atom is 0.244 e. The average Bonchev–Trinajstić information content (AvgIpc) is 2.67. The van der Waals surface area contributed by atoms with Gasteiger partial charge in [0.1, 0.15) is 19.0 Å². The summed E-state index contributed by atoms with van der Waals surface area (Å²) in [6.07, 6.45) is 3.52. The van der Waals surface area contributed by atoms with Gasteiger partial charge >= 0.3 is 0 Å². The van der Waals surface area contributed by atoms with Crippen LogP contribution in [0, 0.1) is 5.82 Å². The quantitative estimate of drug-likeness (QED) is 0.808. The maximum absolute atomic E-state index is 13.5. The number of amides is 1. The molecule has 3 rings (SSSR count). The van der Waals surface area contributed by atoms with E-state index in [-0.39, 0.29) is 11.7 Å².